The molecule has 2 aromatic rings. The van der Waals surface area contributed by atoms with Crippen LogP contribution in [0, 0.1) is 0 Å². The summed E-state index contributed by atoms with van der Waals surface area (Å²) < 4.78 is 27.6. The van der Waals surface area contributed by atoms with Gasteiger partial charge >= 0.3 is 0 Å². The third kappa shape index (κ3) is 4.87. The van der Waals surface area contributed by atoms with Gasteiger partial charge in [-0.15, -0.1) is 0 Å². The van der Waals surface area contributed by atoms with Crippen molar-refractivity contribution in [3.63, 3.8) is 0 Å². The maximum atomic E-state index is 12.8. The van der Waals surface area contributed by atoms with Crippen molar-refractivity contribution < 1.29 is 28.5 Å². The monoisotopic (exact) mass is 427 g/mol. The van der Waals surface area contributed by atoms with E-state index in [1.165, 1.54) is 6.08 Å². The minimum Gasteiger partial charge on any atom is -0.497 e. The molecule has 1 heterocycles. The van der Waals surface area contributed by atoms with E-state index in [1.54, 1.807) is 40.6 Å². The van der Waals surface area contributed by atoms with Crippen LogP contribution in [-0.2, 0) is 4.79 Å². The second kappa shape index (κ2) is 9.20. The van der Waals surface area contributed by atoms with Gasteiger partial charge in [0.15, 0.2) is 11.5 Å². The molecule has 0 aromatic heterocycles. The summed E-state index contributed by atoms with van der Waals surface area (Å²) in [6.45, 7) is 4.01. The molecule has 0 saturated carbocycles. The molecule has 0 saturated heterocycles. The van der Waals surface area contributed by atoms with Crippen LogP contribution in [0.5, 0.6) is 28.7 Å². The van der Waals surface area contributed by atoms with Gasteiger partial charge in [0.1, 0.15) is 17.1 Å². The fourth-order valence-electron chi connectivity index (χ4n) is 3.73. The number of carbonyl (C=O) groups is 1. The van der Waals surface area contributed by atoms with Crippen LogP contribution in [0.25, 0.3) is 6.08 Å². The molecule has 1 atom stereocenters. The summed E-state index contributed by atoms with van der Waals surface area (Å²) >= 11 is 0. The number of fused-ring (bicyclic) bond motifs is 1. The van der Waals surface area contributed by atoms with E-state index < -0.39 is 5.60 Å². The van der Waals surface area contributed by atoms with Crippen LogP contribution in [0.2, 0.25) is 0 Å². The largest absolute Gasteiger partial charge is 0.497 e. The average molecular weight is 427 g/mol. The van der Waals surface area contributed by atoms with E-state index in [0.29, 0.717) is 35.0 Å². The SMILES string of the molecule is COc1ccc2c(c1)[C@H](NC(=O)/C=C/c1ccc(OC)c(OC)c1OC)CC(C)(C)O2. The highest BCUT2D eigenvalue weighted by atomic mass is 16.5. The first-order valence-electron chi connectivity index (χ1n) is 9.96. The van der Waals surface area contributed by atoms with Gasteiger partial charge in [-0.25, -0.2) is 0 Å². The summed E-state index contributed by atoms with van der Waals surface area (Å²) in [6, 6.07) is 8.99. The third-order valence-electron chi connectivity index (χ3n) is 5.14. The molecular formula is C24H29NO6. The van der Waals surface area contributed by atoms with E-state index in [-0.39, 0.29) is 11.9 Å². The van der Waals surface area contributed by atoms with Crippen molar-refractivity contribution in [2.45, 2.75) is 31.9 Å². The van der Waals surface area contributed by atoms with Gasteiger partial charge in [0.2, 0.25) is 11.7 Å². The molecule has 1 N–H and O–H groups in total. The number of hydrogen-bond donors (Lipinski definition) is 1. The van der Waals surface area contributed by atoms with Crippen LogP contribution in [-0.4, -0.2) is 39.9 Å². The zero-order valence-corrected chi connectivity index (χ0v) is 18.8. The van der Waals surface area contributed by atoms with Crippen molar-refractivity contribution in [3.8, 4) is 28.7 Å². The molecule has 7 nitrogen and oxygen atoms in total. The highest BCUT2D eigenvalue weighted by Gasteiger charge is 2.34. The number of nitrogens with one attached hydrogen (secondary N) is 1. The number of methoxy groups -OCH3 is 4. The van der Waals surface area contributed by atoms with Gasteiger partial charge in [0, 0.05) is 23.6 Å². The van der Waals surface area contributed by atoms with E-state index in [0.717, 1.165) is 11.3 Å². The summed E-state index contributed by atoms with van der Waals surface area (Å²) in [5, 5.41) is 3.08. The van der Waals surface area contributed by atoms with Crippen LogP contribution in [0.4, 0.5) is 0 Å². The molecule has 2 aromatic carbocycles. The van der Waals surface area contributed by atoms with Gasteiger partial charge in [-0.1, -0.05) is 0 Å². The van der Waals surface area contributed by atoms with Crippen LogP contribution >= 0.6 is 0 Å². The second-order valence-corrected chi connectivity index (χ2v) is 7.79. The third-order valence-corrected chi connectivity index (χ3v) is 5.14. The molecule has 0 fully saturated rings. The highest BCUT2D eigenvalue weighted by molar-refractivity contribution is 5.92. The number of benzene rings is 2. The lowest BCUT2D eigenvalue weighted by atomic mass is 9.89. The van der Waals surface area contributed by atoms with E-state index >= 15 is 0 Å². The summed E-state index contributed by atoms with van der Waals surface area (Å²) in [4.78, 5) is 12.8. The van der Waals surface area contributed by atoms with E-state index in [1.807, 2.05) is 38.1 Å². The molecule has 0 unspecified atom stereocenters. The first-order chi connectivity index (χ1) is 14.8. The van der Waals surface area contributed by atoms with E-state index in [9.17, 15) is 4.79 Å². The fraction of sp³-hybridized carbons (Fsp3) is 0.375. The Kier molecular flexibility index (Phi) is 6.63. The van der Waals surface area contributed by atoms with Gasteiger partial charge in [0.05, 0.1) is 34.5 Å². The number of ether oxygens (including phenoxy) is 5. The van der Waals surface area contributed by atoms with Gasteiger partial charge < -0.3 is 29.0 Å². The molecule has 1 aliphatic heterocycles. The molecule has 31 heavy (non-hydrogen) atoms. The number of rotatable bonds is 7. The van der Waals surface area contributed by atoms with Crippen molar-refractivity contribution in [3.05, 3.63) is 47.5 Å². The van der Waals surface area contributed by atoms with Crippen LogP contribution in [0.3, 0.4) is 0 Å². The van der Waals surface area contributed by atoms with Gasteiger partial charge in [-0.05, 0) is 50.3 Å². The van der Waals surface area contributed by atoms with Crippen molar-refractivity contribution in [2.75, 3.05) is 28.4 Å². The topological polar surface area (TPSA) is 75.3 Å². The van der Waals surface area contributed by atoms with Crippen LogP contribution < -0.4 is 29.0 Å². The number of amides is 1. The van der Waals surface area contributed by atoms with Gasteiger partial charge in [0.25, 0.3) is 0 Å². The number of hydrogen-bond acceptors (Lipinski definition) is 6. The molecule has 166 valence electrons. The Morgan fingerprint density at radius 3 is 2.42 bits per heavy atom. The molecule has 1 aliphatic rings. The summed E-state index contributed by atoms with van der Waals surface area (Å²) in [5.41, 5.74) is 1.18. The Labute approximate surface area is 182 Å². The maximum Gasteiger partial charge on any atom is 0.244 e. The normalized spacial score (nSPS) is 16.8. The molecule has 0 aliphatic carbocycles. The number of carbonyl (C=O) groups excluding carboxylic acids is 1. The zero-order valence-electron chi connectivity index (χ0n) is 18.8. The Hall–Kier alpha value is -3.35. The first-order valence-corrected chi connectivity index (χ1v) is 9.96. The van der Waals surface area contributed by atoms with Gasteiger partial charge in [-0.3, -0.25) is 4.79 Å². The van der Waals surface area contributed by atoms with Crippen molar-refractivity contribution in [1.82, 2.24) is 5.32 Å². The van der Waals surface area contributed by atoms with Crippen molar-refractivity contribution in [1.29, 1.82) is 0 Å². The summed E-state index contributed by atoms with van der Waals surface area (Å²) in [7, 11) is 6.26. The molecule has 1 amide bonds. The Balaban J connectivity index is 1.84. The molecule has 0 radical (unpaired) electrons. The maximum absolute atomic E-state index is 12.8. The summed E-state index contributed by atoms with van der Waals surface area (Å²) in [6.07, 6.45) is 3.80. The zero-order chi connectivity index (χ0) is 22.6. The standard InChI is InChI=1S/C24H29NO6/c1-24(2)14-18(17-13-16(27-3)9-11-19(17)31-24)25-21(26)12-8-15-7-10-20(28-4)23(30-6)22(15)29-5/h7-13,18H,14H2,1-6H3,(H,25,26)/b12-8+/t18-/m1/s1. The predicted molar refractivity (Wildman–Crippen MR) is 118 cm³/mol. The predicted octanol–water partition coefficient (Wildman–Crippen LogP) is 4.15. The fourth-order valence-corrected chi connectivity index (χ4v) is 3.73. The second-order valence-electron chi connectivity index (χ2n) is 7.79. The van der Waals surface area contributed by atoms with Gasteiger partial charge in [-0.2, -0.15) is 0 Å². The quantitative estimate of drug-likeness (QED) is 0.669. The molecule has 3 rings (SSSR count). The lowest BCUT2D eigenvalue weighted by molar-refractivity contribution is -0.117. The lowest BCUT2D eigenvalue weighted by Gasteiger charge is -2.37. The molecule has 0 spiro atoms. The Bertz CT molecular complexity index is 982. The minimum absolute atomic E-state index is 0.210. The van der Waals surface area contributed by atoms with E-state index in [2.05, 4.69) is 5.32 Å². The lowest BCUT2D eigenvalue weighted by Crippen LogP contribution is -2.40. The van der Waals surface area contributed by atoms with Crippen molar-refractivity contribution in [2.24, 2.45) is 0 Å². The van der Waals surface area contributed by atoms with Crippen LogP contribution in [0.15, 0.2) is 36.4 Å². The highest BCUT2D eigenvalue weighted by Crippen LogP contribution is 2.42. The Morgan fingerprint density at radius 1 is 1.03 bits per heavy atom. The van der Waals surface area contributed by atoms with E-state index in [4.69, 9.17) is 23.7 Å². The smallest absolute Gasteiger partial charge is 0.244 e. The molecule has 0 bridgehead atoms. The van der Waals surface area contributed by atoms with Crippen LogP contribution in [0.1, 0.15) is 37.4 Å². The Morgan fingerprint density at radius 2 is 1.77 bits per heavy atom. The van der Waals surface area contributed by atoms with Crippen molar-refractivity contribution >= 4 is 12.0 Å². The molecule has 7 heteroatoms. The first kappa shape index (κ1) is 22.3. The molecular weight excluding hydrogens is 398 g/mol. The minimum atomic E-state index is -0.407. The average Bonchev–Trinajstić information content (AvgIpc) is 2.75. The summed E-state index contributed by atoms with van der Waals surface area (Å²) in [5.74, 6) is 2.75.